The standard InChI is InChI=1S/C43H59ClN4O12/c1-24-14-13-15-32(57-9)43(55)23-31(58-41(54)45-43)26(3)38-42(5,60-38)33(22-35(50)47(7)29-20-28(18-24)21-30(56-8)37(29)44)59-40(53)27(4)46(6)34(49)16-11-10-12-17-48-36(51)19-25(2)39(48)52/h13-15,20-21,25-27,31-33,38,55H,10-12,16-19,22-23H2,1-9H3,(H,45,54)/b15-13+,24-14+/t25?,26-,27+,31+,32-,33+,38+,42+,43+/m1/s1. The zero-order chi connectivity index (χ0) is 44.3. The van der Waals surface area contributed by atoms with Gasteiger partial charge in [0.15, 0.2) is 5.72 Å². The molecule has 4 heterocycles. The number of hydrogen-bond acceptors (Lipinski definition) is 12. The lowest BCUT2D eigenvalue weighted by Gasteiger charge is -2.42. The van der Waals surface area contributed by atoms with Crippen LogP contribution in [0.2, 0.25) is 5.02 Å². The lowest BCUT2D eigenvalue weighted by atomic mass is 9.83. The number of carbonyl (C=O) groups excluding carboxylic acids is 6. The van der Waals surface area contributed by atoms with E-state index in [4.69, 9.17) is 35.3 Å². The molecule has 0 spiro atoms. The third kappa shape index (κ3) is 10.2. The van der Waals surface area contributed by atoms with Gasteiger partial charge >= 0.3 is 12.1 Å². The highest BCUT2D eigenvalue weighted by Crippen LogP contribution is 2.49. The van der Waals surface area contributed by atoms with Gasteiger partial charge in [-0.15, -0.1) is 0 Å². The highest BCUT2D eigenvalue weighted by Gasteiger charge is 2.64. The number of carbonyl (C=O) groups is 6. The molecule has 0 aliphatic carbocycles. The Kier molecular flexibility index (Phi) is 14.8. The lowest BCUT2D eigenvalue weighted by Crippen LogP contribution is -2.63. The maximum atomic E-state index is 14.2. The number of nitrogens with zero attached hydrogens (tertiary/aromatic N) is 3. The van der Waals surface area contributed by atoms with Crippen molar-refractivity contribution in [2.45, 2.75) is 128 Å². The minimum absolute atomic E-state index is 0.0741. The maximum absolute atomic E-state index is 14.2. The van der Waals surface area contributed by atoms with E-state index in [9.17, 15) is 33.9 Å². The van der Waals surface area contributed by atoms with Crippen LogP contribution in [0.4, 0.5) is 10.5 Å². The average Bonchev–Trinajstić information content (AvgIpc) is 3.83. The van der Waals surface area contributed by atoms with Crippen LogP contribution in [0.15, 0.2) is 35.9 Å². The van der Waals surface area contributed by atoms with Crippen LogP contribution in [0.25, 0.3) is 0 Å². The van der Waals surface area contributed by atoms with Crippen molar-refractivity contribution in [2.75, 3.05) is 39.8 Å². The summed E-state index contributed by atoms with van der Waals surface area (Å²) in [5.74, 6) is -2.41. The van der Waals surface area contributed by atoms with Gasteiger partial charge in [0.25, 0.3) is 0 Å². The molecule has 0 radical (unpaired) electrons. The Balaban J connectivity index is 1.37. The quantitative estimate of drug-likeness (QED) is 0.138. The van der Waals surface area contributed by atoms with E-state index < -0.39 is 65.7 Å². The zero-order valence-electron chi connectivity index (χ0n) is 35.9. The molecule has 4 aliphatic rings. The average molecular weight is 859 g/mol. The summed E-state index contributed by atoms with van der Waals surface area (Å²) in [6.45, 7) is 8.96. The number of unbranched alkanes of at least 4 members (excludes halogenated alkanes) is 2. The highest BCUT2D eigenvalue weighted by molar-refractivity contribution is 6.35. The fourth-order valence-corrected chi connectivity index (χ4v) is 8.51. The number of methoxy groups -OCH3 is 2. The second-order valence-electron chi connectivity index (χ2n) is 16.7. The third-order valence-electron chi connectivity index (χ3n) is 12.3. The van der Waals surface area contributed by atoms with E-state index in [0.717, 1.165) is 11.1 Å². The SMILES string of the molecule is COc1cc2cc(c1Cl)N(C)C(=O)C[C@H](OC(=O)[C@H](C)N(C)C(=O)CCCCCN1C(=O)CC(C)C1=O)[C@]1(C)O[C@H]1[C@H](C)[C@@H]1C[C@@](O)(NC(=O)O1)[C@H](OC)/C=C/C=C(\C)C2. The predicted octanol–water partition coefficient (Wildman–Crippen LogP) is 4.47. The van der Waals surface area contributed by atoms with Crippen molar-refractivity contribution in [2.24, 2.45) is 11.8 Å². The molecule has 5 amide bonds. The van der Waals surface area contributed by atoms with Crippen molar-refractivity contribution in [3.8, 4) is 5.75 Å². The van der Waals surface area contributed by atoms with Crippen LogP contribution in [0.1, 0.15) is 85.1 Å². The first-order valence-corrected chi connectivity index (χ1v) is 20.8. The van der Waals surface area contributed by atoms with Gasteiger partial charge in [-0.05, 0) is 57.7 Å². The fraction of sp³-hybridized carbons (Fsp3) is 0.628. The van der Waals surface area contributed by atoms with Gasteiger partial charge < -0.3 is 38.6 Å². The van der Waals surface area contributed by atoms with E-state index in [1.54, 1.807) is 52.1 Å². The molecule has 1 aromatic carbocycles. The summed E-state index contributed by atoms with van der Waals surface area (Å²) in [4.78, 5) is 82.6. The van der Waals surface area contributed by atoms with E-state index in [2.05, 4.69) is 5.32 Å². The summed E-state index contributed by atoms with van der Waals surface area (Å²) >= 11 is 6.78. The number of amides is 5. The van der Waals surface area contributed by atoms with Crippen molar-refractivity contribution in [1.29, 1.82) is 0 Å². The number of alkyl carbamates (subject to hydrolysis) is 1. The molecule has 17 heteroatoms. The van der Waals surface area contributed by atoms with Crippen molar-refractivity contribution in [1.82, 2.24) is 15.1 Å². The Morgan fingerprint density at radius 1 is 1.10 bits per heavy atom. The zero-order valence-corrected chi connectivity index (χ0v) is 36.7. The molecule has 4 aliphatic heterocycles. The molecule has 9 atom stereocenters. The Morgan fingerprint density at radius 3 is 2.47 bits per heavy atom. The summed E-state index contributed by atoms with van der Waals surface area (Å²) in [5, 5.41) is 14.5. The summed E-state index contributed by atoms with van der Waals surface area (Å²) < 4.78 is 29.3. The summed E-state index contributed by atoms with van der Waals surface area (Å²) in [6, 6.07) is 2.51. The molecule has 5 rings (SSSR count). The van der Waals surface area contributed by atoms with Crippen LogP contribution >= 0.6 is 11.6 Å². The van der Waals surface area contributed by atoms with Crippen molar-refractivity contribution >= 4 is 53.0 Å². The number of imide groups is 1. The first-order chi connectivity index (χ1) is 28.2. The molecule has 1 aromatic rings. The van der Waals surface area contributed by atoms with Gasteiger partial charge in [-0.3, -0.25) is 29.4 Å². The number of allylic oxidation sites excluding steroid dienone is 3. The molecule has 0 saturated carbocycles. The number of aliphatic hydroxyl groups is 1. The number of fused-ring (bicyclic) bond motifs is 5. The molecule has 60 heavy (non-hydrogen) atoms. The normalized spacial score (nSPS) is 31.6. The van der Waals surface area contributed by atoms with Crippen molar-refractivity contribution in [3.63, 3.8) is 0 Å². The number of halogens is 1. The van der Waals surface area contributed by atoms with Crippen LogP contribution in [0.3, 0.4) is 0 Å². The van der Waals surface area contributed by atoms with E-state index in [1.807, 2.05) is 13.0 Å². The molecule has 3 saturated heterocycles. The molecule has 4 bridgehead atoms. The Labute approximate surface area is 356 Å². The number of rotatable bonds is 11. The Morgan fingerprint density at radius 2 is 1.82 bits per heavy atom. The third-order valence-corrected chi connectivity index (χ3v) is 12.6. The van der Waals surface area contributed by atoms with Crippen molar-refractivity contribution < 1.29 is 57.6 Å². The summed E-state index contributed by atoms with van der Waals surface area (Å²) in [7, 11) is 5.96. The summed E-state index contributed by atoms with van der Waals surface area (Å²) in [5.41, 5.74) is -1.04. The molecular formula is C43H59ClN4O12. The number of ether oxygens (including phenoxy) is 5. The van der Waals surface area contributed by atoms with E-state index >= 15 is 0 Å². The molecule has 1 unspecified atom stereocenters. The van der Waals surface area contributed by atoms with E-state index in [-0.39, 0.29) is 54.3 Å². The minimum Gasteiger partial charge on any atom is -0.495 e. The Hall–Kier alpha value is -4.51. The van der Waals surface area contributed by atoms with Gasteiger partial charge in [-0.1, -0.05) is 55.7 Å². The minimum atomic E-state index is -1.85. The smallest absolute Gasteiger partial charge is 0.409 e. The highest BCUT2D eigenvalue weighted by atomic mass is 35.5. The number of hydrogen-bond donors (Lipinski definition) is 2. The lowest BCUT2D eigenvalue weighted by molar-refractivity contribution is -0.162. The van der Waals surface area contributed by atoms with Gasteiger partial charge in [-0.2, -0.15) is 0 Å². The molecule has 2 N–H and O–H groups in total. The number of likely N-dealkylation sites (tertiary alicyclic amines) is 1. The second kappa shape index (κ2) is 19.0. The monoisotopic (exact) mass is 858 g/mol. The second-order valence-corrected chi connectivity index (χ2v) is 17.1. The number of esters is 1. The molecule has 0 aromatic heterocycles. The number of epoxide rings is 1. The first-order valence-electron chi connectivity index (χ1n) is 20.4. The fourth-order valence-electron chi connectivity index (χ4n) is 8.20. The van der Waals surface area contributed by atoms with Crippen LogP contribution in [0.5, 0.6) is 5.75 Å². The van der Waals surface area contributed by atoms with Gasteiger partial charge in [0, 0.05) is 58.8 Å². The molecule has 16 nitrogen and oxygen atoms in total. The van der Waals surface area contributed by atoms with Crippen molar-refractivity contribution in [3.05, 3.63) is 46.5 Å². The molecule has 330 valence electrons. The van der Waals surface area contributed by atoms with Gasteiger partial charge in [-0.25, -0.2) is 9.59 Å². The molecular weight excluding hydrogens is 800 g/mol. The molecule has 3 fully saturated rings. The topological polar surface area (TPSA) is 194 Å². The largest absolute Gasteiger partial charge is 0.495 e. The number of likely N-dealkylation sites (N-methyl/N-ethyl adjacent to an activating group) is 1. The van der Waals surface area contributed by atoms with Crippen LogP contribution in [-0.4, -0.2) is 127 Å². The van der Waals surface area contributed by atoms with Gasteiger partial charge in [0.05, 0.1) is 25.3 Å². The van der Waals surface area contributed by atoms with Crippen LogP contribution in [0, 0.1) is 11.8 Å². The van der Waals surface area contributed by atoms with Gasteiger partial charge in [0.2, 0.25) is 23.6 Å². The number of benzene rings is 1. The van der Waals surface area contributed by atoms with Crippen LogP contribution in [-0.2, 0) is 49.3 Å². The summed E-state index contributed by atoms with van der Waals surface area (Å²) in [6.07, 6.45) is 2.65. The van der Waals surface area contributed by atoms with E-state index in [1.165, 1.54) is 42.9 Å². The predicted molar refractivity (Wildman–Crippen MR) is 220 cm³/mol. The van der Waals surface area contributed by atoms with Crippen LogP contribution < -0.4 is 15.0 Å². The van der Waals surface area contributed by atoms with Gasteiger partial charge in [0.1, 0.15) is 40.7 Å². The number of anilines is 1. The maximum Gasteiger partial charge on any atom is 0.409 e. The first kappa shape index (κ1) is 46.6. The number of nitrogens with one attached hydrogen (secondary N) is 1. The van der Waals surface area contributed by atoms with E-state index in [0.29, 0.717) is 43.7 Å². The Bertz CT molecular complexity index is 1910.